The van der Waals surface area contributed by atoms with Gasteiger partial charge in [-0.05, 0) is 32.1 Å². The Hall–Kier alpha value is -0.370. The van der Waals surface area contributed by atoms with Crippen molar-refractivity contribution >= 4 is 5.78 Å². The van der Waals surface area contributed by atoms with Crippen molar-refractivity contribution in [3.8, 4) is 0 Å². The highest BCUT2D eigenvalue weighted by Crippen LogP contribution is 2.41. The lowest BCUT2D eigenvalue weighted by Gasteiger charge is -2.43. The van der Waals surface area contributed by atoms with Gasteiger partial charge in [-0.15, -0.1) is 0 Å². The molecule has 2 fully saturated rings. The predicted octanol–water partition coefficient (Wildman–Crippen LogP) is 3.09. The van der Waals surface area contributed by atoms with Crippen molar-refractivity contribution in [2.24, 2.45) is 5.92 Å². The molecular weight excluding hydrogens is 188 g/mol. The monoisotopic (exact) mass is 210 g/mol. The first-order valence-electron chi connectivity index (χ1n) is 6.36. The molecule has 86 valence electrons. The molecule has 0 N–H and O–H groups in total. The number of hydrogen-bond donors (Lipinski definition) is 0. The van der Waals surface area contributed by atoms with Crippen LogP contribution in [0.2, 0.25) is 0 Å². The van der Waals surface area contributed by atoms with E-state index in [1.807, 2.05) is 13.8 Å². The third kappa shape index (κ3) is 2.10. The zero-order valence-corrected chi connectivity index (χ0v) is 9.92. The number of ketones is 1. The van der Waals surface area contributed by atoms with E-state index in [4.69, 9.17) is 4.74 Å². The van der Waals surface area contributed by atoms with Crippen LogP contribution in [0.3, 0.4) is 0 Å². The normalized spacial score (nSPS) is 25.5. The van der Waals surface area contributed by atoms with Gasteiger partial charge in [0.05, 0.1) is 6.10 Å². The first kappa shape index (κ1) is 11.1. The molecule has 2 rings (SSSR count). The molecule has 2 aliphatic rings. The molecule has 2 heteroatoms. The fraction of sp³-hybridized carbons (Fsp3) is 0.923. The van der Waals surface area contributed by atoms with Crippen molar-refractivity contribution in [1.29, 1.82) is 0 Å². The van der Waals surface area contributed by atoms with E-state index in [-0.39, 0.29) is 11.5 Å². The van der Waals surface area contributed by atoms with E-state index in [2.05, 4.69) is 0 Å². The van der Waals surface area contributed by atoms with Crippen LogP contribution in [0.5, 0.6) is 0 Å². The van der Waals surface area contributed by atoms with Crippen LogP contribution in [0.4, 0.5) is 0 Å². The fourth-order valence-electron chi connectivity index (χ4n) is 2.77. The van der Waals surface area contributed by atoms with E-state index in [0.29, 0.717) is 11.9 Å². The molecule has 0 spiro atoms. The summed E-state index contributed by atoms with van der Waals surface area (Å²) in [6.45, 7) is 3.97. The summed E-state index contributed by atoms with van der Waals surface area (Å²) in [6.07, 6.45) is 8.31. The number of Topliss-reactive ketones (excluding diaryl/α,β-unsaturated/α-hetero) is 1. The molecule has 0 aliphatic heterocycles. The number of rotatable bonds is 4. The van der Waals surface area contributed by atoms with E-state index in [1.54, 1.807) is 0 Å². The van der Waals surface area contributed by atoms with Crippen molar-refractivity contribution in [2.45, 2.75) is 70.5 Å². The zero-order chi connectivity index (χ0) is 10.9. The molecule has 0 heterocycles. The highest BCUT2D eigenvalue weighted by Gasteiger charge is 2.47. The molecule has 0 saturated heterocycles. The third-order valence-electron chi connectivity index (χ3n) is 3.83. The SMILES string of the molecule is CC(C)C(=O)C1(OC2CCCC2)CCC1. The van der Waals surface area contributed by atoms with Gasteiger partial charge in [0.25, 0.3) is 0 Å². The molecule has 0 atom stereocenters. The summed E-state index contributed by atoms with van der Waals surface area (Å²) in [4.78, 5) is 12.1. The van der Waals surface area contributed by atoms with Crippen LogP contribution >= 0.6 is 0 Å². The van der Waals surface area contributed by atoms with Gasteiger partial charge in [-0.2, -0.15) is 0 Å². The maximum absolute atomic E-state index is 12.1. The minimum absolute atomic E-state index is 0.117. The second-order valence-corrected chi connectivity index (χ2v) is 5.39. The summed E-state index contributed by atoms with van der Waals surface area (Å²) in [6, 6.07) is 0. The smallest absolute Gasteiger partial charge is 0.167 e. The molecule has 0 aromatic carbocycles. The Balaban J connectivity index is 1.98. The maximum Gasteiger partial charge on any atom is 0.167 e. The minimum atomic E-state index is -0.372. The number of hydrogen-bond acceptors (Lipinski definition) is 2. The maximum atomic E-state index is 12.1. The Labute approximate surface area is 92.4 Å². The Morgan fingerprint density at radius 2 is 1.80 bits per heavy atom. The standard InChI is InChI=1S/C13H22O2/c1-10(2)12(14)13(8-5-9-13)15-11-6-3-4-7-11/h10-11H,3-9H2,1-2H3. The summed E-state index contributed by atoms with van der Waals surface area (Å²) in [5.41, 5.74) is -0.372. The molecule has 0 radical (unpaired) electrons. The molecule has 0 unspecified atom stereocenters. The van der Waals surface area contributed by atoms with Crippen molar-refractivity contribution in [1.82, 2.24) is 0 Å². The van der Waals surface area contributed by atoms with Gasteiger partial charge in [-0.1, -0.05) is 26.7 Å². The van der Waals surface area contributed by atoms with Gasteiger partial charge in [0, 0.05) is 5.92 Å². The van der Waals surface area contributed by atoms with Crippen LogP contribution in [0.15, 0.2) is 0 Å². The van der Waals surface area contributed by atoms with E-state index >= 15 is 0 Å². The summed E-state index contributed by atoms with van der Waals surface area (Å²) in [7, 11) is 0. The van der Waals surface area contributed by atoms with E-state index in [1.165, 1.54) is 12.8 Å². The van der Waals surface area contributed by atoms with Crippen molar-refractivity contribution in [3.63, 3.8) is 0 Å². The molecule has 0 aromatic heterocycles. The van der Waals surface area contributed by atoms with Gasteiger partial charge in [-0.3, -0.25) is 4.79 Å². The average Bonchev–Trinajstić information content (AvgIpc) is 2.62. The fourth-order valence-corrected chi connectivity index (χ4v) is 2.77. The van der Waals surface area contributed by atoms with Gasteiger partial charge < -0.3 is 4.74 Å². The van der Waals surface area contributed by atoms with Gasteiger partial charge >= 0.3 is 0 Å². The van der Waals surface area contributed by atoms with E-state index < -0.39 is 0 Å². The van der Waals surface area contributed by atoms with E-state index in [9.17, 15) is 4.79 Å². The van der Waals surface area contributed by atoms with Crippen LogP contribution in [-0.2, 0) is 9.53 Å². The van der Waals surface area contributed by atoms with Gasteiger partial charge in [-0.25, -0.2) is 0 Å². The second kappa shape index (κ2) is 4.25. The number of carbonyl (C=O) groups excluding carboxylic acids is 1. The van der Waals surface area contributed by atoms with Crippen molar-refractivity contribution in [3.05, 3.63) is 0 Å². The topological polar surface area (TPSA) is 26.3 Å². The lowest BCUT2D eigenvalue weighted by molar-refractivity contribution is -0.172. The Morgan fingerprint density at radius 3 is 2.20 bits per heavy atom. The van der Waals surface area contributed by atoms with Crippen LogP contribution < -0.4 is 0 Å². The Morgan fingerprint density at radius 1 is 1.20 bits per heavy atom. The largest absolute Gasteiger partial charge is 0.364 e. The Bertz CT molecular complexity index is 235. The van der Waals surface area contributed by atoms with Gasteiger partial charge in [0.1, 0.15) is 5.60 Å². The first-order chi connectivity index (χ1) is 7.14. The van der Waals surface area contributed by atoms with Crippen LogP contribution in [0.1, 0.15) is 58.8 Å². The summed E-state index contributed by atoms with van der Waals surface area (Å²) in [5, 5.41) is 0. The Kier molecular flexibility index (Phi) is 3.15. The van der Waals surface area contributed by atoms with Crippen LogP contribution in [-0.4, -0.2) is 17.5 Å². The molecule has 15 heavy (non-hydrogen) atoms. The lowest BCUT2D eigenvalue weighted by Crippen LogP contribution is -2.51. The van der Waals surface area contributed by atoms with E-state index in [0.717, 1.165) is 32.1 Å². The first-order valence-corrected chi connectivity index (χ1v) is 6.36. The second-order valence-electron chi connectivity index (χ2n) is 5.39. The molecular formula is C13H22O2. The molecule has 2 saturated carbocycles. The number of carbonyl (C=O) groups is 1. The van der Waals surface area contributed by atoms with Crippen molar-refractivity contribution < 1.29 is 9.53 Å². The molecule has 0 bridgehead atoms. The van der Waals surface area contributed by atoms with Gasteiger partial charge in [0.15, 0.2) is 5.78 Å². The summed E-state index contributed by atoms with van der Waals surface area (Å²) >= 11 is 0. The molecule has 2 nitrogen and oxygen atoms in total. The van der Waals surface area contributed by atoms with Crippen LogP contribution in [0.25, 0.3) is 0 Å². The minimum Gasteiger partial charge on any atom is -0.364 e. The quantitative estimate of drug-likeness (QED) is 0.712. The van der Waals surface area contributed by atoms with Gasteiger partial charge in [0.2, 0.25) is 0 Å². The molecule has 0 amide bonds. The molecule has 0 aromatic rings. The predicted molar refractivity (Wildman–Crippen MR) is 59.8 cm³/mol. The highest BCUT2D eigenvalue weighted by molar-refractivity contribution is 5.89. The zero-order valence-electron chi connectivity index (χ0n) is 9.92. The average molecular weight is 210 g/mol. The van der Waals surface area contributed by atoms with Crippen LogP contribution in [0, 0.1) is 5.92 Å². The highest BCUT2D eigenvalue weighted by atomic mass is 16.5. The number of ether oxygens (including phenoxy) is 1. The van der Waals surface area contributed by atoms with Crippen molar-refractivity contribution in [2.75, 3.05) is 0 Å². The third-order valence-corrected chi connectivity index (χ3v) is 3.83. The summed E-state index contributed by atoms with van der Waals surface area (Å²) < 4.78 is 6.11. The molecule has 2 aliphatic carbocycles. The lowest BCUT2D eigenvalue weighted by atomic mass is 9.73. The summed E-state index contributed by atoms with van der Waals surface area (Å²) in [5.74, 6) is 0.451.